The maximum atomic E-state index is 13.6. The zero-order valence-corrected chi connectivity index (χ0v) is 18.6. The van der Waals surface area contributed by atoms with Crippen LogP contribution in [0.15, 0.2) is 54.6 Å². The summed E-state index contributed by atoms with van der Waals surface area (Å²) in [5, 5.41) is 19.6. The number of carboxylic acids is 2. The van der Waals surface area contributed by atoms with Gasteiger partial charge < -0.3 is 20.8 Å². The van der Waals surface area contributed by atoms with Crippen molar-refractivity contribution >= 4 is 82.8 Å². The second-order valence-corrected chi connectivity index (χ2v) is 8.34. The van der Waals surface area contributed by atoms with Gasteiger partial charge in [0, 0.05) is 25.2 Å². The third-order valence-corrected chi connectivity index (χ3v) is 6.03. The maximum absolute atomic E-state index is 13.6. The van der Waals surface area contributed by atoms with Crippen LogP contribution < -0.4 is 10.6 Å². The van der Waals surface area contributed by atoms with Gasteiger partial charge in [0.25, 0.3) is 0 Å². The molecule has 1 aliphatic rings. The Hall–Kier alpha value is -1.39. The van der Waals surface area contributed by atoms with Gasteiger partial charge in [-0.3, -0.25) is 9.69 Å². The molecule has 0 saturated heterocycles. The summed E-state index contributed by atoms with van der Waals surface area (Å²) in [6, 6.07) is 15.3. The van der Waals surface area contributed by atoms with E-state index in [9.17, 15) is 24.6 Å². The van der Waals surface area contributed by atoms with Gasteiger partial charge in [0.1, 0.15) is 6.04 Å². The van der Waals surface area contributed by atoms with Crippen LogP contribution in [-0.4, -0.2) is 118 Å². The average molecular weight is 502 g/mol. The van der Waals surface area contributed by atoms with E-state index in [1.807, 2.05) is 42.5 Å². The predicted molar refractivity (Wildman–Crippen MR) is 139 cm³/mol. The molecule has 0 aliphatic carbocycles. The molecule has 4 N–H and O–H groups in total. The van der Waals surface area contributed by atoms with Gasteiger partial charge in [-0.15, -0.1) is 0 Å². The van der Waals surface area contributed by atoms with Crippen molar-refractivity contribution in [1.82, 2.24) is 4.90 Å². The molecule has 1 aliphatic heterocycles. The number of carbonyl (C=O) groups excluding carboxylic acids is 1. The first kappa shape index (κ1) is 31.6. The van der Waals surface area contributed by atoms with E-state index in [2.05, 4.69) is 0 Å². The number of nitrogens with zero attached hydrogens (tertiary/aromatic N) is 2. The van der Waals surface area contributed by atoms with Crippen molar-refractivity contribution in [2.24, 2.45) is 11.7 Å². The minimum atomic E-state index is -1.08. The fourth-order valence-corrected chi connectivity index (χ4v) is 4.23. The van der Waals surface area contributed by atoms with Gasteiger partial charge in [-0.25, -0.2) is 9.59 Å². The van der Waals surface area contributed by atoms with Crippen LogP contribution >= 0.6 is 0 Å². The van der Waals surface area contributed by atoms with Gasteiger partial charge in [0.15, 0.2) is 0 Å². The molecule has 35 heavy (non-hydrogen) atoms. The van der Waals surface area contributed by atoms with Crippen LogP contribution in [0.3, 0.4) is 0 Å². The number of amides is 2. The molecule has 0 saturated carbocycles. The van der Waals surface area contributed by atoms with Gasteiger partial charge in [-0.2, -0.15) is 0 Å². The first-order chi connectivity index (χ1) is 15.9. The Balaban J connectivity index is 0.00000306. The number of carbonyl (C=O) groups is 3. The Morgan fingerprint density at radius 2 is 1.66 bits per heavy atom. The fourth-order valence-electron chi connectivity index (χ4n) is 4.23. The zero-order valence-electron chi connectivity index (χ0n) is 18.6. The standard InChI is InChI=1S/C25H31N3O5.2Na.2H/c26-14-6-7-15-27(17-20(23(29)30)13-12-18-8-2-1-3-9-18)25(33)28-21-11-5-4-10-19(21)16-22(28)24(31)32;;;;/h1-5,8-11,20,22H,6-7,12-17,26H2,(H,29,30)(H,31,32);;;;/t20-,22?;;;;/m0..../s1. The van der Waals surface area contributed by atoms with E-state index in [0.717, 1.165) is 11.1 Å². The molecule has 0 bridgehead atoms. The third-order valence-electron chi connectivity index (χ3n) is 6.03. The number of carboxylic acid groups (broad SMARTS) is 2. The molecular formula is C25H33N3Na2O5. The number of aliphatic carboxylic acids is 2. The topological polar surface area (TPSA) is 124 Å². The molecule has 8 nitrogen and oxygen atoms in total. The van der Waals surface area contributed by atoms with E-state index < -0.39 is 29.9 Å². The summed E-state index contributed by atoms with van der Waals surface area (Å²) in [5.41, 5.74) is 8.00. The summed E-state index contributed by atoms with van der Waals surface area (Å²) >= 11 is 0. The molecule has 3 rings (SSSR count). The van der Waals surface area contributed by atoms with Gasteiger partial charge in [-0.1, -0.05) is 48.5 Å². The zero-order chi connectivity index (χ0) is 23.8. The minimum absolute atomic E-state index is 0. The van der Waals surface area contributed by atoms with Crippen LogP contribution in [-0.2, 0) is 22.4 Å². The van der Waals surface area contributed by atoms with Crippen molar-refractivity contribution in [2.75, 3.05) is 24.5 Å². The summed E-state index contributed by atoms with van der Waals surface area (Å²) in [5.74, 6) is -2.83. The first-order valence-corrected chi connectivity index (χ1v) is 11.3. The number of rotatable bonds is 11. The third kappa shape index (κ3) is 8.60. The Labute approximate surface area is 250 Å². The summed E-state index contributed by atoms with van der Waals surface area (Å²) in [6.45, 7) is 0.787. The summed E-state index contributed by atoms with van der Waals surface area (Å²) in [6.07, 6.45) is 2.47. The molecule has 1 heterocycles. The molecule has 0 fully saturated rings. The number of nitrogens with two attached hydrogens (primary N) is 1. The number of hydrogen-bond acceptors (Lipinski definition) is 4. The molecule has 1 unspecified atom stereocenters. The number of urea groups is 1. The number of anilines is 1. The van der Waals surface area contributed by atoms with Gasteiger partial charge in [0.05, 0.1) is 5.92 Å². The number of fused-ring (bicyclic) bond motifs is 1. The van der Waals surface area contributed by atoms with E-state index in [-0.39, 0.29) is 72.1 Å². The number of hydrogen-bond donors (Lipinski definition) is 3. The Morgan fingerprint density at radius 1 is 1.00 bits per heavy atom. The van der Waals surface area contributed by atoms with E-state index in [4.69, 9.17) is 5.73 Å². The van der Waals surface area contributed by atoms with Crippen LogP contribution in [0.25, 0.3) is 0 Å². The Morgan fingerprint density at radius 3 is 2.29 bits per heavy atom. The van der Waals surface area contributed by atoms with Crippen molar-refractivity contribution in [3.63, 3.8) is 0 Å². The molecule has 0 radical (unpaired) electrons. The van der Waals surface area contributed by atoms with Gasteiger partial charge in [0.2, 0.25) is 0 Å². The molecule has 2 aromatic carbocycles. The SMILES string of the molecule is NCCCCN(C[C@H](CCc1ccccc1)C(=O)O)C(=O)N1c2ccccc2CC1C(=O)O.[NaH].[NaH]. The summed E-state index contributed by atoms with van der Waals surface area (Å²) in [4.78, 5) is 40.4. The van der Waals surface area contributed by atoms with Gasteiger partial charge >= 0.3 is 77.1 Å². The Bertz CT molecular complexity index is 977. The number of para-hydroxylation sites is 1. The summed E-state index contributed by atoms with van der Waals surface area (Å²) < 4.78 is 0. The van der Waals surface area contributed by atoms with E-state index in [1.165, 1.54) is 9.80 Å². The summed E-state index contributed by atoms with van der Waals surface area (Å²) in [7, 11) is 0. The van der Waals surface area contributed by atoms with Gasteiger partial charge in [-0.05, 0) is 49.4 Å². The second kappa shape index (κ2) is 15.7. The fraction of sp³-hybridized carbons (Fsp3) is 0.400. The van der Waals surface area contributed by atoms with Crippen molar-refractivity contribution in [2.45, 2.75) is 38.1 Å². The van der Waals surface area contributed by atoms with E-state index in [1.54, 1.807) is 12.1 Å². The van der Waals surface area contributed by atoms with Crippen LogP contribution in [0, 0.1) is 5.92 Å². The van der Waals surface area contributed by atoms with E-state index in [0.29, 0.717) is 44.5 Å². The molecule has 2 aromatic rings. The molecular weight excluding hydrogens is 468 g/mol. The van der Waals surface area contributed by atoms with E-state index >= 15 is 0 Å². The number of unbranched alkanes of at least 4 members (excludes halogenated alkanes) is 1. The monoisotopic (exact) mass is 501 g/mol. The van der Waals surface area contributed by atoms with Crippen LogP contribution in [0.4, 0.5) is 10.5 Å². The van der Waals surface area contributed by atoms with Crippen LogP contribution in [0.1, 0.15) is 30.4 Å². The first-order valence-electron chi connectivity index (χ1n) is 11.3. The number of benzene rings is 2. The predicted octanol–water partition coefficient (Wildman–Crippen LogP) is 1.70. The van der Waals surface area contributed by atoms with Crippen LogP contribution in [0.2, 0.25) is 0 Å². The van der Waals surface area contributed by atoms with Crippen molar-refractivity contribution in [3.8, 4) is 0 Å². The van der Waals surface area contributed by atoms with Crippen molar-refractivity contribution in [3.05, 3.63) is 65.7 Å². The van der Waals surface area contributed by atoms with Crippen LogP contribution in [0.5, 0.6) is 0 Å². The Kier molecular flexibility index (Phi) is 14.2. The van der Waals surface area contributed by atoms with Crippen molar-refractivity contribution < 1.29 is 24.6 Å². The second-order valence-electron chi connectivity index (χ2n) is 8.34. The molecule has 0 spiro atoms. The molecule has 0 aromatic heterocycles. The average Bonchev–Trinajstić information content (AvgIpc) is 3.21. The molecule has 180 valence electrons. The number of aryl methyl sites for hydroxylation is 1. The molecule has 2 amide bonds. The van der Waals surface area contributed by atoms with Crippen molar-refractivity contribution in [1.29, 1.82) is 0 Å². The molecule has 2 atom stereocenters. The quantitative estimate of drug-likeness (QED) is 0.318. The molecule has 10 heteroatoms. The normalized spacial score (nSPS) is 14.8.